The summed E-state index contributed by atoms with van der Waals surface area (Å²) in [4.78, 5) is 15.0. The monoisotopic (exact) mass is 422 g/mol. The summed E-state index contributed by atoms with van der Waals surface area (Å²) in [6.45, 7) is 4.39. The Hall–Kier alpha value is -2.13. The van der Waals surface area contributed by atoms with Gasteiger partial charge in [0.15, 0.2) is 0 Å². The predicted octanol–water partition coefficient (Wildman–Crippen LogP) is 2.20. The molecule has 0 unspecified atom stereocenters. The molecular formula is C20H30N4O4S. The Labute approximate surface area is 172 Å². The molecule has 8 nitrogen and oxygen atoms in total. The fourth-order valence-electron chi connectivity index (χ4n) is 3.74. The van der Waals surface area contributed by atoms with Gasteiger partial charge in [-0.25, -0.2) is 8.42 Å². The van der Waals surface area contributed by atoms with Crippen LogP contribution in [0.2, 0.25) is 0 Å². The van der Waals surface area contributed by atoms with E-state index in [1.165, 1.54) is 10.5 Å². The summed E-state index contributed by atoms with van der Waals surface area (Å²) in [7, 11) is -0.140. The molecule has 2 aromatic rings. The van der Waals surface area contributed by atoms with Gasteiger partial charge >= 0.3 is 0 Å². The molecular weight excluding hydrogens is 392 g/mol. The van der Waals surface area contributed by atoms with Crippen molar-refractivity contribution in [3.63, 3.8) is 0 Å². The highest BCUT2D eigenvalue weighted by Crippen LogP contribution is 2.27. The van der Waals surface area contributed by atoms with Crippen LogP contribution in [0, 0.1) is 12.8 Å². The molecule has 1 amide bonds. The highest BCUT2D eigenvalue weighted by molar-refractivity contribution is 7.89. The highest BCUT2D eigenvalue weighted by atomic mass is 32.2. The van der Waals surface area contributed by atoms with Crippen molar-refractivity contribution < 1.29 is 17.6 Å². The van der Waals surface area contributed by atoms with Crippen LogP contribution in [0.3, 0.4) is 0 Å². The first-order chi connectivity index (χ1) is 13.7. The Bertz CT molecular complexity index is 936. The number of carbonyl (C=O) groups excluding carboxylic acids is 1. The maximum atomic E-state index is 13.1. The second-order valence-corrected chi connectivity index (χ2v) is 9.74. The normalized spacial score (nSPS) is 19.2. The number of sulfonamides is 1. The van der Waals surface area contributed by atoms with Crippen LogP contribution in [-0.2, 0) is 28.3 Å². The van der Waals surface area contributed by atoms with Crippen molar-refractivity contribution in [2.24, 2.45) is 13.0 Å². The first-order valence-electron chi connectivity index (χ1n) is 9.99. The smallest absolute Gasteiger partial charge is 0.246 e. The molecule has 3 rings (SSSR count). The number of hydrogen-bond acceptors (Lipinski definition) is 5. The summed E-state index contributed by atoms with van der Waals surface area (Å²) in [5, 5.41) is 4.05. The molecule has 9 heteroatoms. The average molecular weight is 423 g/mol. The first kappa shape index (κ1) is 21.6. The van der Waals surface area contributed by atoms with E-state index in [0.29, 0.717) is 25.1 Å². The first-order valence-corrected chi connectivity index (χ1v) is 11.4. The van der Waals surface area contributed by atoms with Gasteiger partial charge in [0, 0.05) is 39.6 Å². The van der Waals surface area contributed by atoms with E-state index in [0.717, 1.165) is 18.6 Å². The lowest BCUT2D eigenvalue weighted by Crippen LogP contribution is -2.47. The Morgan fingerprint density at radius 3 is 2.83 bits per heavy atom. The molecule has 1 aliphatic rings. The molecule has 1 saturated heterocycles. The van der Waals surface area contributed by atoms with Gasteiger partial charge < -0.3 is 9.32 Å². The molecule has 0 saturated carbocycles. The summed E-state index contributed by atoms with van der Waals surface area (Å²) in [5.74, 6) is 0.575. The standard InChI is InChI=1S/C20H30N4O4S/c1-15(9-10-18-8-6-12-28-18)22(3)20(25)17-7-5-11-24(14-17)29(26,27)19-13-21-23(4)16(19)2/h6,8,12-13,15,17H,5,7,9-11,14H2,1-4H3/t15-,17+/m0/s1. The number of aryl methyl sites for hydroxylation is 2. The maximum Gasteiger partial charge on any atom is 0.246 e. The van der Waals surface area contributed by atoms with Gasteiger partial charge in [0.2, 0.25) is 15.9 Å². The van der Waals surface area contributed by atoms with Gasteiger partial charge in [-0.15, -0.1) is 0 Å². The Morgan fingerprint density at radius 2 is 2.21 bits per heavy atom. The van der Waals surface area contributed by atoms with Crippen LogP contribution in [-0.4, -0.2) is 59.5 Å². The SMILES string of the molecule is Cc1c(S(=O)(=O)N2CCC[C@@H](C(=O)N(C)[C@@H](C)CCc3ccco3)C2)cnn1C. The maximum absolute atomic E-state index is 13.1. The summed E-state index contributed by atoms with van der Waals surface area (Å²) in [6.07, 6.45) is 5.96. The van der Waals surface area contributed by atoms with Crippen molar-refractivity contribution in [3.8, 4) is 0 Å². The minimum Gasteiger partial charge on any atom is -0.469 e. The lowest BCUT2D eigenvalue weighted by molar-refractivity contribution is -0.137. The average Bonchev–Trinajstić information content (AvgIpc) is 3.35. The van der Waals surface area contributed by atoms with Crippen molar-refractivity contribution >= 4 is 15.9 Å². The molecule has 0 bridgehead atoms. The number of rotatable bonds is 7. The van der Waals surface area contributed by atoms with E-state index in [4.69, 9.17) is 4.42 Å². The molecule has 0 N–H and O–H groups in total. The molecule has 2 atom stereocenters. The van der Waals surface area contributed by atoms with E-state index in [2.05, 4.69) is 5.10 Å². The number of piperidine rings is 1. The largest absolute Gasteiger partial charge is 0.469 e. The molecule has 0 aromatic carbocycles. The van der Waals surface area contributed by atoms with E-state index < -0.39 is 10.0 Å². The van der Waals surface area contributed by atoms with Crippen LogP contribution in [0.1, 0.15) is 37.6 Å². The van der Waals surface area contributed by atoms with E-state index in [9.17, 15) is 13.2 Å². The van der Waals surface area contributed by atoms with Crippen molar-refractivity contribution in [2.45, 2.75) is 50.5 Å². The van der Waals surface area contributed by atoms with Crippen molar-refractivity contribution in [1.82, 2.24) is 19.0 Å². The number of aromatic nitrogens is 2. The van der Waals surface area contributed by atoms with E-state index >= 15 is 0 Å². The van der Waals surface area contributed by atoms with Gasteiger partial charge in [0.25, 0.3) is 0 Å². The second kappa shape index (κ2) is 8.71. The van der Waals surface area contributed by atoms with Gasteiger partial charge in [0.1, 0.15) is 10.7 Å². The lowest BCUT2D eigenvalue weighted by Gasteiger charge is -2.35. The molecule has 2 aromatic heterocycles. The summed E-state index contributed by atoms with van der Waals surface area (Å²) < 4.78 is 34.5. The molecule has 160 valence electrons. The summed E-state index contributed by atoms with van der Waals surface area (Å²) >= 11 is 0. The fraction of sp³-hybridized carbons (Fsp3) is 0.600. The van der Waals surface area contributed by atoms with Crippen LogP contribution in [0.15, 0.2) is 33.9 Å². The number of hydrogen-bond donors (Lipinski definition) is 0. The Morgan fingerprint density at radius 1 is 1.45 bits per heavy atom. The highest BCUT2D eigenvalue weighted by Gasteiger charge is 2.36. The zero-order valence-electron chi connectivity index (χ0n) is 17.5. The molecule has 0 aliphatic carbocycles. The third kappa shape index (κ3) is 4.56. The third-order valence-corrected chi connectivity index (χ3v) is 7.91. The van der Waals surface area contributed by atoms with E-state index in [-0.39, 0.29) is 29.3 Å². The molecule has 0 spiro atoms. The van der Waals surface area contributed by atoms with Gasteiger partial charge in [-0.2, -0.15) is 9.40 Å². The van der Waals surface area contributed by atoms with Crippen LogP contribution in [0.25, 0.3) is 0 Å². The number of amides is 1. The second-order valence-electron chi connectivity index (χ2n) is 7.84. The van der Waals surface area contributed by atoms with Crippen molar-refractivity contribution in [3.05, 3.63) is 36.0 Å². The van der Waals surface area contributed by atoms with Crippen LogP contribution in [0.4, 0.5) is 0 Å². The lowest BCUT2D eigenvalue weighted by atomic mass is 9.97. The van der Waals surface area contributed by atoms with Gasteiger partial charge in [-0.3, -0.25) is 9.48 Å². The van der Waals surface area contributed by atoms with E-state index in [1.807, 2.05) is 19.1 Å². The number of furan rings is 1. The van der Waals surface area contributed by atoms with Crippen molar-refractivity contribution in [1.29, 1.82) is 0 Å². The fourth-order valence-corrected chi connectivity index (χ4v) is 5.45. The van der Waals surface area contributed by atoms with Crippen molar-refractivity contribution in [2.75, 3.05) is 20.1 Å². The zero-order valence-corrected chi connectivity index (χ0v) is 18.4. The Balaban J connectivity index is 1.64. The Kier molecular flexibility index (Phi) is 6.48. The molecule has 1 fully saturated rings. The summed E-state index contributed by atoms with van der Waals surface area (Å²) in [5.41, 5.74) is 0.599. The van der Waals surface area contributed by atoms with Crippen LogP contribution < -0.4 is 0 Å². The topological polar surface area (TPSA) is 88.7 Å². The minimum absolute atomic E-state index is 0.000228. The quantitative estimate of drug-likeness (QED) is 0.683. The van der Waals surface area contributed by atoms with Gasteiger partial charge in [0.05, 0.1) is 24.1 Å². The molecule has 29 heavy (non-hydrogen) atoms. The van der Waals surface area contributed by atoms with Crippen LogP contribution >= 0.6 is 0 Å². The molecule has 1 aliphatic heterocycles. The minimum atomic E-state index is -3.66. The van der Waals surface area contributed by atoms with Crippen LogP contribution in [0.5, 0.6) is 0 Å². The summed E-state index contributed by atoms with van der Waals surface area (Å²) in [6, 6.07) is 3.83. The van der Waals surface area contributed by atoms with Gasteiger partial charge in [-0.1, -0.05) is 0 Å². The van der Waals surface area contributed by atoms with E-state index in [1.54, 1.807) is 36.9 Å². The number of carbonyl (C=O) groups is 1. The third-order valence-electron chi connectivity index (χ3n) is 5.94. The number of nitrogens with zero attached hydrogens (tertiary/aromatic N) is 4. The predicted molar refractivity (Wildman–Crippen MR) is 109 cm³/mol. The molecule has 0 radical (unpaired) electrons. The van der Waals surface area contributed by atoms with Gasteiger partial charge in [-0.05, 0) is 45.2 Å². The molecule has 3 heterocycles. The zero-order chi connectivity index (χ0) is 21.2.